The molecular formula is C18H24N2O4. The number of hydrogen-bond donors (Lipinski definition) is 2. The second-order valence-corrected chi connectivity index (χ2v) is 6.64. The molecule has 0 aliphatic carbocycles. The van der Waals surface area contributed by atoms with Crippen LogP contribution in [0.25, 0.3) is 10.9 Å². The summed E-state index contributed by atoms with van der Waals surface area (Å²) in [4.78, 5) is 27.1. The number of carbonyl (C=O) groups is 2. The highest BCUT2D eigenvalue weighted by molar-refractivity contribution is 5.82. The van der Waals surface area contributed by atoms with E-state index < -0.39 is 23.7 Å². The Morgan fingerprint density at radius 2 is 1.96 bits per heavy atom. The normalized spacial score (nSPS) is 12.7. The molecular weight excluding hydrogens is 308 g/mol. The Hall–Kier alpha value is -2.50. The highest BCUT2D eigenvalue weighted by Gasteiger charge is 2.25. The fourth-order valence-corrected chi connectivity index (χ4v) is 2.41. The van der Waals surface area contributed by atoms with E-state index in [1.165, 1.54) is 7.11 Å². The van der Waals surface area contributed by atoms with Gasteiger partial charge in [0.05, 0.1) is 7.11 Å². The van der Waals surface area contributed by atoms with Gasteiger partial charge in [-0.3, -0.25) is 0 Å². The van der Waals surface area contributed by atoms with Crippen molar-refractivity contribution in [1.82, 2.24) is 10.3 Å². The number of benzene rings is 1. The smallest absolute Gasteiger partial charge is 0.408 e. The highest BCUT2D eigenvalue weighted by atomic mass is 16.6. The van der Waals surface area contributed by atoms with E-state index in [1.54, 1.807) is 20.8 Å². The number of methoxy groups -OCH3 is 1. The lowest BCUT2D eigenvalue weighted by molar-refractivity contribution is -0.143. The van der Waals surface area contributed by atoms with Gasteiger partial charge in [0, 0.05) is 11.2 Å². The van der Waals surface area contributed by atoms with Crippen molar-refractivity contribution in [2.45, 2.75) is 45.3 Å². The number of nitrogens with one attached hydrogen (secondary N) is 2. The number of fused-ring (bicyclic) bond motifs is 1. The zero-order valence-corrected chi connectivity index (χ0v) is 14.5. The molecule has 0 saturated heterocycles. The minimum Gasteiger partial charge on any atom is -0.467 e. The summed E-state index contributed by atoms with van der Waals surface area (Å²) in [6, 6.07) is 9.24. The third-order valence-corrected chi connectivity index (χ3v) is 3.46. The van der Waals surface area contributed by atoms with Crippen LogP contribution in [0.2, 0.25) is 0 Å². The van der Waals surface area contributed by atoms with Gasteiger partial charge in [-0.15, -0.1) is 0 Å². The highest BCUT2D eigenvalue weighted by Crippen LogP contribution is 2.16. The van der Waals surface area contributed by atoms with Crippen molar-refractivity contribution in [2.24, 2.45) is 0 Å². The maximum atomic E-state index is 11.9. The molecule has 0 spiro atoms. The van der Waals surface area contributed by atoms with Gasteiger partial charge in [0.1, 0.15) is 11.6 Å². The molecule has 2 rings (SSSR count). The molecule has 0 saturated carbocycles. The number of rotatable bonds is 5. The van der Waals surface area contributed by atoms with Gasteiger partial charge in [0.15, 0.2) is 0 Å². The minimum atomic E-state index is -0.753. The molecule has 2 aromatic rings. The quantitative estimate of drug-likeness (QED) is 0.824. The number of para-hydroxylation sites is 1. The fraction of sp³-hybridized carbons (Fsp3) is 0.444. The number of aryl methyl sites for hydroxylation is 1. The summed E-state index contributed by atoms with van der Waals surface area (Å²) in [5.41, 5.74) is 1.42. The lowest BCUT2D eigenvalue weighted by Gasteiger charge is -2.22. The average molecular weight is 332 g/mol. The fourth-order valence-electron chi connectivity index (χ4n) is 2.41. The maximum Gasteiger partial charge on any atom is 0.408 e. The van der Waals surface area contributed by atoms with Crippen LogP contribution in [0.4, 0.5) is 4.79 Å². The van der Waals surface area contributed by atoms with Gasteiger partial charge in [0.2, 0.25) is 0 Å². The third-order valence-electron chi connectivity index (χ3n) is 3.46. The minimum absolute atomic E-state index is 0.415. The Labute approximate surface area is 141 Å². The predicted molar refractivity (Wildman–Crippen MR) is 91.8 cm³/mol. The van der Waals surface area contributed by atoms with E-state index >= 15 is 0 Å². The first-order chi connectivity index (χ1) is 11.3. The number of aromatic nitrogens is 1. The summed E-state index contributed by atoms with van der Waals surface area (Å²) in [5.74, 6) is -0.489. The third kappa shape index (κ3) is 5.01. The largest absolute Gasteiger partial charge is 0.467 e. The van der Waals surface area contributed by atoms with Gasteiger partial charge in [-0.1, -0.05) is 18.2 Å². The van der Waals surface area contributed by atoms with E-state index in [-0.39, 0.29) is 0 Å². The first-order valence-corrected chi connectivity index (χ1v) is 7.92. The summed E-state index contributed by atoms with van der Waals surface area (Å²) in [7, 11) is 1.30. The van der Waals surface area contributed by atoms with E-state index in [9.17, 15) is 9.59 Å². The summed E-state index contributed by atoms with van der Waals surface area (Å²) in [6.45, 7) is 5.30. The molecule has 0 unspecified atom stereocenters. The molecule has 24 heavy (non-hydrogen) atoms. The molecule has 0 radical (unpaired) electrons. The summed E-state index contributed by atoms with van der Waals surface area (Å²) >= 11 is 0. The van der Waals surface area contributed by atoms with E-state index in [2.05, 4.69) is 10.3 Å². The van der Waals surface area contributed by atoms with Crippen molar-refractivity contribution in [3.8, 4) is 0 Å². The van der Waals surface area contributed by atoms with Crippen LogP contribution in [-0.4, -0.2) is 35.8 Å². The van der Waals surface area contributed by atoms with E-state index in [4.69, 9.17) is 9.47 Å². The van der Waals surface area contributed by atoms with Crippen molar-refractivity contribution in [3.63, 3.8) is 0 Å². The zero-order valence-electron chi connectivity index (χ0n) is 14.5. The van der Waals surface area contributed by atoms with E-state index in [0.29, 0.717) is 12.8 Å². The lowest BCUT2D eigenvalue weighted by atomic mass is 10.1. The van der Waals surface area contributed by atoms with Crippen molar-refractivity contribution in [2.75, 3.05) is 7.11 Å². The van der Waals surface area contributed by atoms with E-state index in [1.807, 2.05) is 30.3 Å². The molecule has 1 aromatic carbocycles. The van der Waals surface area contributed by atoms with Gasteiger partial charge >= 0.3 is 12.1 Å². The molecule has 1 heterocycles. The molecule has 6 heteroatoms. The Morgan fingerprint density at radius 3 is 2.58 bits per heavy atom. The van der Waals surface area contributed by atoms with Gasteiger partial charge in [-0.2, -0.15) is 0 Å². The molecule has 0 aliphatic heterocycles. The first-order valence-electron chi connectivity index (χ1n) is 7.92. The van der Waals surface area contributed by atoms with Crippen LogP contribution in [0.5, 0.6) is 0 Å². The molecule has 0 fully saturated rings. The lowest BCUT2D eigenvalue weighted by Crippen LogP contribution is -2.44. The second-order valence-electron chi connectivity index (χ2n) is 6.64. The second kappa shape index (κ2) is 7.38. The van der Waals surface area contributed by atoms with Crippen molar-refractivity contribution < 1.29 is 19.1 Å². The monoisotopic (exact) mass is 332 g/mol. The molecule has 1 atom stereocenters. The summed E-state index contributed by atoms with van der Waals surface area (Å²) in [5, 5.41) is 3.69. The van der Waals surface area contributed by atoms with Crippen molar-refractivity contribution >= 4 is 23.0 Å². The molecule has 0 aliphatic rings. The Kier molecular flexibility index (Phi) is 5.49. The molecule has 0 bridgehead atoms. The van der Waals surface area contributed by atoms with Crippen molar-refractivity contribution in [3.05, 3.63) is 36.0 Å². The summed E-state index contributed by atoms with van der Waals surface area (Å²) < 4.78 is 9.97. The topological polar surface area (TPSA) is 80.4 Å². The molecule has 130 valence electrons. The molecule has 1 amide bonds. The van der Waals surface area contributed by atoms with Crippen LogP contribution in [0.3, 0.4) is 0 Å². The standard InChI is InChI=1S/C18H24N2O4/c1-18(2,3)24-17(22)20-15(16(21)23-4)10-9-13-11-12-7-5-6-8-14(12)19-13/h5-8,11,15,19H,9-10H2,1-4H3,(H,20,22)/t15-/m0/s1. The van der Waals surface area contributed by atoms with Crippen LogP contribution in [-0.2, 0) is 20.7 Å². The average Bonchev–Trinajstić information content (AvgIpc) is 2.91. The molecule has 2 N–H and O–H groups in total. The van der Waals surface area contributed by atoms with E-state index in [0.717, 1.165) is 16.6 Å². The van der Waals surface area contributed by atoms with Crippen LogP contribution in [0.15, 0.2) is 30.3 Å². The Balaban J connectivity index is 2.00. The van der Waals surface area contributed by atoms with Gasteiger partial charge in [-0.05, 0) is 51.1 Å². The van der Waals surface area contributed by atoms with Gasteiger partial charge < -0.3 is 19.8 Å². The number of esters is 1. The number of hydrogen-bond acceptors (Lipinski definition) is 4. The van der Waals surface area contributed by atoms with Crippen molar-refractivity contribution in [1.29, 1.82) is 0 Å². The maximum absolute atomic E-state index is 11.9. The predicted octanol–water partition coefficient (Wildman–Crippen LogP) is 3.17. The van der Waals surface area contributed by atoms with Crippen LogP contribution < -0.4 is 5.32 Å². The molecule has 6 nitrogen and oxygen atoms in total. The number of amides is 1. The Bertz CT molecular complexity index is 682. The Morgan fingerprint density at radius 1 is 1.25 bits per heavy atom. The molecule has 1 aromatic heterocycles. The number of alkyl carbamates (subject to hydrolysis) is 1. The summed E-state index contributed by atoms with van der Waals surface area (Å²) in [6.07, 6.45) is 0.387. The first kappa shape index (κ1) is 17.8. The number of aromatic amines is 1. The zero-order chi connectivity index (χ0) is 17.7. The number of ether oxygens (including phenoxy) is 2. The van der Waals surface area contributed by atoms with Crippen LogP contribution >= 0.6 is 0 Å². The van der Waals surface area contributed by atoms with Gasteiger partial charge in [0.25, 0.3) is 0 Å². The number of H-pyrrole nitrogens is 1. The van der Waals surface area contributed by atoms with Crippen LogP contribution in [0, 0.1) is 0 Å². The number of carbonyl (C=O) groups excluding carboxylic acids is 2. The van der Waals surface area contributed by atoms with Crippen LogP contribution in [0.1, 0.15) is 32.9 Å². The SMILES string of the molecule is COC(=O)[C@H](CCc1cc2ccccc2[nH]1)NC(=O)OC(C)(C)C. The van der Waals surface area contributed by atoms with Gasteiger partial charge in [-0.25, -0.2) is 9.59 Å².